The fourth-order valence-electron chi connectivity index (χ4n) is 3.31. The average molecular weight is 373 g/mol. The third-order valence-corrected chi connectivity index (χ3v) is 4.84. The molecule has 2 aromatic rings. The average Bonchev–Trinajstić information content (AvgIpc) is 3.18. The van der Waals surface area contributed by atoms with Crippen LogP contribution in [0.4, 0.5) is 4.39 Å². The van der Waals surface area contributed by atoms with E-state index in [1.807, 2.05) is 6.92 Å². The number of aryl methyl sites for hydroxylation is 1. The fraction of sp³-hybridized carbons (Fsp3) is 0.450. The Morgan fingerprint density at radius 2 is 2.19 bits per heavy atom. The summed E-state index contributed by atoms with van der Waals surface area (Å²) in [5, 5.41) is 6.62. The van der Waals surface area contributed by atoms with E-state index in [1.165, 1.54) is 12.1 Å². The molecule has 7 heteroatoms. The van der Waals surface area contributed by atoms with Crippen molar-refractivity contribution >= 4 is 11.8 Å². The number of piperidine rings is 1. The van der Waals surface area contributed by atoms with E-state index < -0.39 is 5.82 Å². The minimum Gasteiger partial charge on any atom is -0.360 e. The molecule has 0 saturated carbocycles. The van der Waals surface area contributed by atoms with E-state index in [0.29, 0.717) is 31.0 Å². The van der Waals surface area contributed by atoms with Gasteiger partial charge in [0.25, 0.3) is 11.8 Å². The number of rotatable bonds is 5. The van der Waals surface area contributed by atoms with E-state index in [2.05, 4.69) is 10.5 Å². The lowest BCUT2D eigenvalue weighted by Crippen LogP contribution is -2.39. The molecular weight excluding hydrogens is 349 g/mol. The van der Waals surface area contributed by atoms with Crippen molar-refractivity contribution in [3.8, 4) is 0 Å². The molecule has 1 aliphatic rings. The highest BCUT2D eigenvalue weighted by molar-refractivity contribution is 5.95. The fourth-order valence-corrected chi connectivity index (χ4v) is 3.31. The molecule has 1 saturated heterocycles. The number of aromatic nitrogens is 1. The SMILES string of the molecule is CCCNC(=O)c1cc(C2CCCN(C(=O)c3cc(F)ccc3C)C2)on1. The number of benzene rings is 1. The maximum atomic E-state index is 13.6. The van der Waals surface area contributed by atoms with Gasteiger partial charge in [-0.25, -0.2) is 4.39 Å². The van der Waals surface area contributed by atoms with Gasteiger partial charge in [-0.2, -0.15) is 0 Å². The molecule has 6 nitrogen and oxygen atoms in total. The summed E-state index contributed by atoms with van der Waals surface area (Å²) in [5.74, 6) is -0.291. The lowest BCUT2D eigenvalue weighted by atomic mass is 9.94. The summed E-state index contributed by atoms with van der Waals surface area (Å²) in [4.78, 5) is 26.5. The lowest BCUT2D eigenvalue weighted by Gasteiger charge is -2.32. The quantitative estimate of drug-likeness (QED) is 0.873. The van der Waals surface area contributed by atoms with Gasteiger partial charge in [-0.15, -0.1) is 0 Å². The van der Waals surface area contributed by atoms with Gasteiger partial charge in [0.2, 0.25) is 0 Å². The number of carbonyl (C=O) groups is 2. The summed E-state index contributed by atoms with van der Waals surface area (Å²) < 4.78 is 18.9. The zero-order valence-corrected chi connectivity index (χ0v) is 15.6. The Morgan fingerprint density at radius 3 is 2.96 bits per heavy atom. The van der Waals surface area contributed by atoms with Crippen LogP contribution in [0.25, 0.3) is 0 Å². The van der Waals surface area contributed by atoms with Gasteiger partial charge in [0.1, 0.15) is 11.6 Å². The van der Waals surface area contributed by atoms with E-state index in [0.717, 1.165) is 24.8 Å². The predicted octanol–water partition coefficient (Wildman–Crippen LogP) is 3.28. The first-order valence-electron chi connectivity index (χ1n) is 9.29. The summed E-state index contributed by atoms with van der Waals surface area (Å²) in [7, 11) is 0. The number of halogens is 1. The topological polar surface area (TPSA) is 75.4 Å². The molecule has 1 atom stereocenters. The van der Waals surface area contributed by atoms with Gasteiger partial charge in [0.05, 0.1) is 0 Å². The van der Waals surface area contributed by atoms with Gasteiger partial charge in [0.15, 0.2) is 5.69 Å². The minimum absolute atomic E-state index is 0.0307. The number of likely N-dealkylation sites (tertiary alicyclic amines) is 1. The first-order chi connectivity index (χ1) is 13.0. The van der Waals surface area contributed by atoms with Gasteiger partial charge in [-0.1, -0.05) is 18.1 Å². The second-order valence-electron chi connectivity index (χ2n) is 6.92. The van der Waals surface area contributed by atoms with Crippen molar-refractivity contribution in [3.05, 3.63) is 52.7 Å². The Morgan fingerprint density at radius 1 is 1.37 bits per heavy atom. The van der Waals surface area contributed by atoms with Crippen molar-refractivity contribution < 1.29 is 18.5 Å². The van der Waals surface area contributed by atoms with Crippen LogP contribution in [-0.2, 0) is 0 Å². The van der Waals surface area contributed by atoms with E-state index in [4.69, 9.17) is 4.52 Å². The summed E-state index contributed by atoms with van der Waals surface area (Å²) in [5.41, 5.74) is 1.38. The molecule has 1 unspecified atom stereocenters. The van der Waals surface area contributed by atoms with Crippen LogP contribution in [0.5, 0.6) is 0 Å². The van der Waals surface area contributed by atoms with E-state index >= 15 is 0 Å². The largest absolute Gasteiger partial charge is 0.360 e. The second-order valence-corrected chi connectivity index (χ2v) is 6.92. The molecule has 0 aliphatic carbocycles. The van der Waals surface area contributed by atoms with E-state index in [-0.39, 0.29) is 23.4 Å². The van der Waals surface area contributed by atoms with Gasteiger partial charge >= 0.3 is 0 Å². The highest BCUT2D eigenvalue weighted by atomic mass is 19.1. The van der Waals surface area contributed by atoms with Crippen molar-refractivity contribution in [1.29, 1.82) is 0 Å². The van der Waals surface area contributed by atoms with Crippen LogP contribution in [0.1, 0.15) is 64.3 Å². The Kier molecular flexibility index (Phi) is 5.88. The van der Waals surface area contributed by atoms with Crippen molar-refractivity contribution in [2.45, 2.75) is 39.0 Å². The Bertz CT molecular complexity index is 834. The number of nitrogens with one attached hydrogen (secondary N) is 1. The number of hydrogen-bond donors (Lipinski definition) is 1. The van der Waals surface area contributed by atoms with Gasteiger partial charge in [0, 0.05) is 37.2 Å². The molecule has 1 aromatic carbocycles. The standard InChI is InChI=1S/C20H24FN3O3/c1-3-8-22-19(25)17-11-18(27-23-17)14-5-4-9-24(12-14)20(26)16-10-15(21)7-6-13(16)2/h6-7,10-11,14H,3-5,8-9,12H2,1-2H3,(H,22,25). The number of carbonyl (C=O) groups excluding carboxylic acids is 2. The monoisotopic (exact) mass is 373 g/mol. The predicted molar refractivity (Wildman–Crippen MR) is 98.1 cm³/mol. The summed E-state index contributed by atoms with van der Waals surface area (Å²) in [6.45, 7) is 5.43. The molecule has 1 aromatic heterocycles. The van der Waals surface area contributed by atoms with Gasteiger partial charge in [-0.3, -0.25) is 9.59 Å². The molecule has 144 valence electrons. The second kappa shape index (κ2) is 8.33. The van der Waals surface area contributed by atoms with Crippen LogP contribution in [0.3, 0.4) is 0 Å². The molecule has 0 bridgehead atoms. The molecule has 2 amide bonds. The summed E-state index contributed by atoms with van der Waals surface area (Å²) >= 11 is 0. The Labute approximate surface area is 157 Å². The molecular formula is C20H24FN3O3. The van der Waals surface area contributed by atoms with Crippen molar-refractivity contribution in [1.82, 2.24) is 15.4 Å². The first-order valence-corrected chi connectivity index (χ1v) is 9.29. The highest BCUT2D eigenvalue weighted by Gasteiger charge is 2.29. The van der Waals surface area contributed by atoms with Crippen LogP contribution >= 0.6 is 0 Å². The van der Waals surface area contributed by atoms with Crippen molar-refractivity contribution in [2.75, 3.05) is 19.6 Å². The molecule has 3 rings (SSSR count). The smallest absolute Gasteiger partial charge is 0.273 e. The third kappa shape index (κ3) is 4.35. The van der Waals surface area contributed by atoms with Crippen LogP contribution < -0.4 is 5.32 Å². The first kappa shape index (κ1) is 19.1. The van der Waals surface area contributed by atoms with Crippen LogP contribution in [-0.4, -0.2) is 41.5 Å². The van der Waals surface area contributed by atoms with Crippen molar-refractivity contribution in [3.63, 3.8) is 0 Å². The zero-order valence-electron chi connectivity index (χ0n) is 15.6. The molecule has 27 heavy (non-hydrogen) atoms. The third-order valence-electron chi connectivity index (χ3n) is 4.84. The maximum Gasteiger partial charge on any atom is 0.273 e. The maximum absolute atomic E-state index is 13.6. The number of hydrogen-bond acceptors (Lipinski definition) is 4. The van der Waals surface area contributed by atoms with Gasteiger partial charge in [-0.05, 0) is 43.9 Å². The van der Waals surface area contributed by atoms with Crippen LogP contribution in [0.2, 0.25) is 0 Å². The molecule has 1 N–H and O–H groups in total. The highest BCUT2D eigenvalue weighted by Crippen LogP contribution is 2.28. The van der Waals surface area contributed by atoms with Gasteiger partial charge < -0.3 is 14.7 Å². The molecule has 0 radical (unpaired) electrons. The van der Waals surface area contributed by atoms with Crippen molar-refractivity contribution in [2.24, 2.45) is 0 Å². The Balaban J connectivity index is 1.71. The Hall–Kier alpha value is -2.70. The van der Waals surface area contributed by atoms with Crippen LogP contribution in [0, 0.1) is 12.7 Å². The molecule has 2 heterocycles. The molecule has 0 spiro atoms. The lowest BCUT2D eigenvalue weighted by molar-refractivity contribution is 0.0696. The molecule has 1 fully saturated rings. The minimum atomic E-state index is -0.421. The summed E-state index contributed by atoms with van der Waals surface area (Å²) in [6.07, 6.45) is 2.50. The van der Waals surface area contributed by atoms with E-state index in [9.17, 15) is 14.0 Å². The summed E-state index contributed by atoms with van der Waals surface area (Å²) in [6, 6.07) is 5.90. The molecule has 1 aliphatic heterocycles. The number of nitrogens with zero attached hydrogens (tertiary/aromatic N) is 2. The van der Waals surface area contributed by atoms with Crippen LogP contribution in [0.15, 0.2) is 28.8 Å². The normalized spacial score (nSPS) is 17.0. The van der Waals surface area contributed by atoms with E-state index in [1.54, 1.807) is 24.0 Å². The zero-order chi connectivity index (χ0) is 19.4. The number of amides is 2.